The Kier molecular flexibility index (Phi) is 5.92. The van der Waals surface area contributed by atoms with E-state index in [1.165, 1.54) is 77.1 Å². The molecule has 0 radical (unpaired) electrons. The number of fused-ring (bicyclic) bond motifs is 6. The van der Waals surface area contributed by atoms with Crippen LogP contribution in [0.4, 0.5) is 17.1 Å². The topological polar surface area (TPSA) is 3.24 Å². The monoisotopic (exact) mass is 587 g/mol. The summed E-state index contributed by atoms with van der Waals surface area (Å²) in [4.78, 5) is 2.50. The van der Waals surface area contributed by atoms with Crippen molar-refractivity contribution in [2.24, 2.45) is 0 Å². The van der Waals surface area contributed by atoms with Crippen LogP contribution in [0.25, 0.3) is 54.6 Å². The van der Waals surface area contributed by atoms with E-state index in [2.05, 4.69) is 183 Å². The van der Waals surface area contributed by atoms with E-state index in [0.29, 0.717) is 0 Å². The van der Waals surface area contributed by atoms with E-state index in [1.807, 2.05) is 0 Å². The molecule has 0 aliphatic heterocycles. The van der Waals surface area contributed by atoms with Crippen LogP contribution in [0, 0.1) is 0 Å². The Morgan fingerprint density at radius 3 is 1.76 bits per heavy atom. The number of benzene rings is 8. The van der Waals surface area contributed by atoms with E-state index >= 15 is 0 Å². The highest BCUT2D eigenvalue weighted by atomic mass is 15.1. The maximum absolute atomic E-state index is 2.50. The molecule has 0 bridgehead atoms. The Hall–Kier alpha value is -5.66. The molecule has 8 aromatic rings. The molecule has 0 heterocycles. The van der Waals surface area contributed by atoms with Gasteiger partial charge in [-0.2, -0.15) is 0 Å². The van der Waals surface area contributed by atoms with Crippen LogP contribution in [0.15, 0.2) is 164 Å². The zero-order chi connectivity index (χ0) is 30.8. The van der Waals surface area contributed by atoms with Crippen LogP contribution in [0.3, 0.4) is 0 Å². The summed E-state index contributed by atoms with van der Waals surface area (Å²) in [6, 6.07) is 60.2. The summed E-state index contributed by atoms with van der Waals surface area (Å²) in [6.45, 7) is 4.75. The molecule has 1 heteroatoms. The molecule has 1 aliphatic rings. The minimum atomic E-state index is -0.130. The first-order valence-corrected chi connectivity index (χ1v) is 16.1. The van der Waals surface area contributed by atoms with Crippen LogP contribution in [0.2, 0.25) is 0 Å². The van der Waals surface area contributed by atoms with Crippen LogP contribution in [0.5, 0.6) is 0 Å². The third-order valence-corrected chi connectivity index (χ3v) is 10.0. The molecule has 1 nitrogen and oxygen atoms in total. The predicted octanol–water partition coefficient (Wildman–Crippen LogP) is 12.6. The minimum absolute atomic E-state index is 0.130. The predicted molar refractivity (Wildman–Crippen MR) is 197 cm³/mol. The maximum Gasteiger partial charge on any atom is 0.0546 e. The second-order valence-corrected chi connectivity index (χ2v) is 12.9. The van der Waals surface area contributed by atoms with Gasteiger partial charge in [0.15, 0.2) is 0 Å². The van der Waals surface area contributed by atoms with Gasteiger partial charge in [0, 0.05) is 22.2 Å². The summed E-state index contributed by atoms with van der Waals surface area (Å²) in [5.74, 6) is 0. The molecule has 0 aromatic heterocycles. The molecule has 0 fully saturated rings. The van der Waals surface area contributed by atoms with E-state index < -0.39 is 0 Å². The molecule has 0 saturated heterocycles. The largest absolute Gasteiger partial charge is 0.309 e. The third kappa shape index (κ3) is 3.95. The Bertz CT molecular complexity index is 2450. The number of anilines is 3. The van der Waals surface area contributed by atoms with Crippen molar-refractivity contribution in [1.82, 2.24) is 0 Å². The Balaban J connectivity index is 1.40. The first-order valence-electron chi connectivity index (χ1n) is 16.1. The van der Waals surface area contributed by atoms with Gasteiger partial charge in [-0.15, -0.1) is 0 Å². The normalized spacial score (nSPS) is 13.2. The van der Waals surface area contributed by atoms with E-state index in [4.69, 9.17) is 0 Å². The van der Waals surface area contributed by atoms with Gasteiger partial charge in [0.2, 0.25) is 0 Å². The van der Waals surface area contributed by atoms with Gasteiger partial charge in [-0.1, -0.05) is 141 Å². The van der Waals surface area contributed by atoms with Gasteiger partial charge in [0.25, 0.3) is 0 Å². The lowest BCUT2D eigenvalue weighted by molar-refractivity contribution is 0.661. The molecular formula is C45H33N. The van der Waals surface area contributed by atoms with Crippen molar-refractivity contribution in [2.75, 3.05) is 4.90 Å². The Labute approximate surface area is 270 Å². The van der Waals surface area contributed by atoms with E-state index in [0.717, 1.165) is 5.69 Å². The van der Waals surface area contributed by atoms with Crippen molar-refractivity contribution in [2.45, 2.75) is 19.3 Å². The molecular weight excluding hydrogens is 555 g/mol. The molecule has 0 amide bonds. The molecule has 8 aromatic carbocycles. The first kappa shape index (κ1) is 26.7. The van der Waals surface area contributed by atoms with Crippen LogP contribution in [0.1, 0.15) is 25.0 Å². The molecule has 0 unspecified atom stereocenters. The van der Waals surface area contributed by atoms with Crippen molar-refractivity contribution >= 4 is 49.4 Å². The molecule has 46 heavy (non-hydrogen) atoms. The lowest BCUT2D eigenvalue weighted by Crippen LogP contribution is -2.16. The van der Waals surface area contributed by atoms with Gasteiger partial charge in [0.05, 0.1) is 11.4 Å². The summed E-state index contributed by atoms with van der Waals surface area (Å²) >= 11 is 0. The van der Waals surface area contributed by atoms with Crippen molar-refractivity contribution in [3.8, 4) is 22.3 Å². The van der Waals surface area contributed by atoms with Crippen LogP contribution in [-0.4, -0.2) is 0 Å². The maximum atomic E-state index is 2.50. The summed E-state index contributed by atoms with van der Waals surface area (Å²) in [5.41, 5.74) is 11.2. The van der Waals surface area contributed by atoms with Gasteiger partial charge in [-0.3, -0.25) is 0 Å². The minimum Gasteiger partial charge on any atom is -0.309 e. The van der Waals surface area contributed by atoms with Crippen LogP contribution >= 0.6 is 0 Å². The Morgan fingerprint density at radius 2 is 0.978 bits per heavy atom. The quantitative estimate of drug-likeness (QED) is 0.198. The van der Waals surface area contributed by atoms with Crippen molar-refractivity contribution in [3.63, 3.8) is 0 Å². The van der Waals surface area contributed by atoms with E-state index in [9.17, 15) is 0 Å². The molecule has 0 spiro atoms. The third-order valence-electron chi connectivity index (χ3n) is 10.0. The zero-order valence-electron chi connectivity index (χ0n) is 26.0. The Morgan fingerprint density at radius 1 is 0.391 bits per heavy atom. The van der Waals surface area contributed by atoms with Gasteiger partial charge in [0.1, 0.15) is 0 Å². The standard InChI is InChI=1S/C45H33N/c1-45(2)39-24-13-25-41(44(39)38-28-32-16-6-7-17-33(32)29-40(38)45)46(34-19-4-3-5-20-34)42-27-26-31-15-9-11-22-36(31)43(42)37-23-12-18-30-14-8-10-21-35(30)37/h3-29H,1-2H3. The smallest absolute Gasteiger partial charge is 0.0546 e. The average Bonchev–Trinajstić information content (AvgIpc) is 3.33. The number of nitrogens with zero attached hydrogens (tertiary/aromatic N) is 1. The van der Waals surface area contributed by atoms with Gasteiger partial charge in [-0.05, 0) is 91.0 Å². The average molecular weight is 588 g/mol. The second kappa shape index (κ2) is 10.2. The molecule has 9 rings (SSSR count). The molecule has 0 saturated carbocycles. The number of para-hydroxylation sites is 1. The fraction of sp³-hybridized carbons (Fsp3) is 0.0667. The first-order chi connectivity index (χ1) is 22.6. The molecule has 0 N–H and O–H groups in total. The second-order valence-electron chi connectivity index (χ2n) is 12.9. The van der Waals surface area contributed by atoms with Gasteiger partial charge in [-0.25, -0.2) is 0 Å². The fourth-order valence-corrected chi connectivity index (χ4v) is 7.80. The lowest BCUT2D eigenvalue weighted by Gasteiger charge is -2.31. The highest BCUT2D eigenvalue weighted by Gasteiger charge is 2.38. The van der Waals surface area contributed by atoms with Crippen molar-refractivity contribution < 1.29 is 0 Å². The molecule has 218 valence electrons. The summed E-state index contributed by atoms with van der Waals surface area (Å²) in [7, 11) is 0. The van der Waals surface area contributed by atoms with Gasteiger partial charge < -0.3 is 4.90 Å². The lowest BCUT2D eigenvalue weighted by atomic mass is 9.82. The van der Waals surface area contributed by atoms with Crippen LogP contribution < -0.4 is 4.90 Å². The number of rotatable bonds is 4. The SMILES string of the molecule is CC1(C)c2cc3ccccc3cc2-c2c(N(c3ccccc3)c3ccc4ccccc4c3-c3cccc4ccccc34)cccc21. The van der Waals surface area contributed by atoms with Crippen molar-refractivity contribution in [3.05, 3.63) is 175 Å². The van der Waals surface area contributed by atoms with E-state index in [1.54, 1.807) is 0 Å². The zero-order valence-corrected chi connectivity index (χ0v) is 26.0. The highest BCUT2D eigenvalue weighted by molar-refractivity contribution is 6.12. The molecule has 0 atom stereocenters. The number of hydrogen-bond donors (Lipinski definition) is 0. The summed E-state index contributed by atoms with van der Waals surface area (Å²) in [5, 5.41) is 7.54. The number of hydrogen-bond acceptors (Lipinski definition) is 1. The summed E-state index contributed by atoms with van der Waals surface area (Å²) in [6.07, 6.45) is 0. The van der Waals surface area contributed by atoms with Crippen molar-refractivity contribution in [1.29, 1.82) is 0 Å². The van der Waals surface area contributed by atoms with Crippen LogP contribution in [-0.2, 0) is 5.41 Å². The fourth-order valence-electron chi connectivity index (χ4n) is 7.80. The summed E-state index contributed by atoms with van der Waals surface area (Å²) < 4.78 is 0. The van der Waals surface area contributed by atoms with E-state index in [-0.39, 0.29) is 5.41 Å². The highest BCUT2D eigenvalue weighted by Crippen LogP contribution is 2.56. The van der Waals surface area contributed by atoms with Gasteiger partial charge >= 0.3 is 0 Å². The molecule has 1 aliphatic carbocycles.